The molecule has 0 aromatic heterocycles. The van der Waals surface area contributed by atoms with E-state index < -0.39 is 0 Å². The van der Waals surface area contributed by atoms with Crippen molar-refractivity contribution in [2.24, 2.45) is 11.8 Å². The number of hydrogen-bond acceptors (Lipinski definition) is 2. The Kier molecular flexibility index (Phi) is 3.58. The number of hydrogen-bond donors (Lipinski definition) is 1. The first-order valence-electron chi connectivity index (χ1n) is 7.27. The number of fused-ring (bicyclic) bond motifs is 1. The molecular formula is C17H24N2. The first kappa shape index (κ1) is 13.9. The van der Waals surface area contributed by atoms with E-state index in [0.717, 1.165) is 18.4 Å². The monoisotopic (exact) mass is 256 g/mol. The van der Waals surface area contributed by atoms with Crippen LogP contribution in [0.3, 0.4) is 0 Å². The molecule has 2 heteroatoms. The summed E-state index contributed by atoms with van der Waals surface area (Å²) in [5.74, 6) is 1.03. The molecule has 1 aliphatic carbocycles. The highest BCUT2D eigenvalue weighted by Gasteiger charge is 2.43. The van der Waals surface area contributed by atoms with E-state index in [1.807, 2.05) is 6.07 Å². The lowest BCUT2D eigenvalue weighted by Crippen LogP contribution is -2.42. The molecule has 1 aromatic rings. The van der Waals surface area contributed by atoms with Gasteiger partial charge in [0.05, 0.1) is 5.56 Å². The van der Waals surface area contributed by atoms with Crippen molar-refractivity contribution in [3.63, 3.8) is 0 Å². The van der Waals surface area contributed by atoms with Crippen LogP contribution in [0.15, 0.2) is 12.1 Å². The molecule has 1 aromatic carbocycles. The van der Waals surface area contributed by atoms with Crippen molar-refractivity contribution in [1.82, 2.24) is 0 Å². The number of nitrogen functional groups attached to an aromatic ring is 1. The average Bonchev–Trinajstić information content (AvgIpc) is 2.37. The summed E-state index contributed by atoms with van der Waals surface area (Å²) < 4.78 is 0. The zero-order chi connectivity index (χ0) is 14.2. The third kappa shape index (κ3) is 1.92. The number of nitrogens with zero attached hydrogens (tertiary/aromatic N) is 1. The van der Waals surface area contributed by atoms with Gasteiger partial charge < -0.3 is 5.73 Å². The fourth-order valence-electron chi connectivity index (χ4n) is 4.04. The van der Waals surface area contributed by atoms with E-state index >= 15 is 0 Å². The topological polar surface area (TPSA) is 49.8 Å². The van der Waals surface area contributed by atoms with Gasteiger partial charge in [0.2, 0.25) is 0 Å². The number of nitrogens with two attached hydrogens (primary N) is 1. The fourth-order valence-corrected chi connectivity index (χ4v) is 4.04. The Morgan fingerprint density at radius 1 is 1.21 bits per heavy atom. The van der Waals surface area contributed by atoms with Crippen molar-refractivity contribution < 1.29 is 0 Å². The molecule has 2 nitrogen and oxygen atoms in total. The van der Waals surface area contributed by atoms with E-state index in [0.29, 0.717) is 17.5 Å². The van der Waals surface area contributed by atoms with E-state index in [4.69, 9.17) is 5.73 Å². The molecule has 0 fully saturated rings. The molecule has 0 spiro atoms. The van der Waals surface area contributed by atoms with Gasteiger partial charge in [-0.25, -0.2) is 0 Å². The van der Waals surface area contributed by atoms with Crippen molar-refractivity contribution in [2.45, 2.75) is 52.4 Å². The Hall–Kier alpha value is -1.49. The van der Waals surface area contributed by atoms with Gasteiger partial charge in [-0.3, -0.25) is 0 Å². The van der Waals surface area contributed by atoms with Crippen LogP contribution in [0.4, 0.5) is 5.69 Å². The minimum atomic E-state index is 0.0913. The zero-order valence-electron chi connectivity index (χ0n) is 12.5. The highest BCUT2D eigenvalue weighted by molar-refractivity contribution is 5.63. The second kappa shape index (κ2) is 4.89. The predicted octanol–water partition coefficient (Wildman–Crippen LogP) is 4.03. The summed E-state index contributed by atoms with van der Waals surface area (Å²) in [7, 11) is 0. The standard InChI is InChI=1S/C17H24N2/c1-11(2)17(12(3)4)9-5-6-13-7-8-15(19)14(10-18)16(13)17/h7-8,11-12H,5-6,9,19H2,1-4H3. The highest BCUT2D eigenvalue weighted by Crippen LogP contribution is 2.50. The van der Waals surface area contributed by atoms with Gasteiger partial charge in [-0.1, -0.05) is 33.8 Å². The number of nitriles is 1. The molecule has 0 unspecified atom stereocenters. The van der Waals surface area contributed by atoms with E-state index in [-0.39, 0.29) is 5.41 Å². The van der Waals surface area contributed by atoms with Gasteiger partial charge in [-0.2, -0.15) is 5.26 Å². The third-order valence-electron chi connectivity index (χ3n) is 5.00. The quantitative estimate of drug-likeness (QED) is 0.812. The van der Waals surface area contributed by atoms with Crippen molar-refractivity contribution in [3.8, 4) is 6.07 Å². The van der Waals surface area contributed by atoms with Crippen LogP contribution in [-0.4, -0.2) is 0 Å². The van der Waals surface area contributed by atoms with Crippen molar-refractivity contribution in [2.75, 3.05) is 5.73 Å². The molecule has 0 saturated heterocycles. The molecule has 2 N–H and O–H groups in total. The fraction of sp³-hybridized carbons (Fsp3) is 0.588. The maximum absolute atomic E-state index is 9.54. The molecular weight excluding hydrogens is 232 g/mol. The third-order valence-corrected chi connectivity index (χ3v) is 5.00. The predicted molar refractivity (Wildman–Crippen MR) is 79.9 cm³/mol. The molecule has 1 aliphatic rings. The Morgan fingerprint density at radius 2 is 1.84 bits per heavy atom. The van der Waals surface area contributed by atoms with Crippen molar-refractivity contribution >= 4 is 5.69 Å². The minimum absolute atomic E-state index is 0.0913. The van der Waals surface area contributed by atoms with Crippen molar-refractivity contribution in [1.29, 1.82) is 5.26 Å². The smallest absolute Gasteiger partial charge is 0.102 e. The Balaban J connectivity index is 2.79. The second-order valence-corrected chi connectivity index (χ2v) is 6.38. The molecule has 102 valence electrons. The van der Waals surface area contributed by atoms with E-state index in [9.17, 15) is 5.26 Å². The normalized spacial score (nSPS) is 17.3. The zero-order valence-corrected chi connectivity index (χ0v) is 12.5. The molecule has 0 saturated carbocycles. The summed E-state index contributed by atoms with van der Waals surface area (Å²) in [6, 6.07) is 6.39. The maximum Gasteiger partial charge on any atom is 0.102 e. The number of benzene rings is 1. The summed E-state index contributed by atoms with van der Waals surface area (Å²) in [5.41, 5.74) is 10.1. The molecule has 0 bridgehead atoms. The van der Waals surface area contributed by atoms with Gasteiger partial charge in [0.15, 0.2) is 0 Å². The van der Waals surface area contributed by atoms with Crippen LogP contribution in [-0.2, 0) is 11.8 Å². The Bertz CT molecular complexity index is 513. The summed E-state index contributed by atoms with van der Waals surface area (Å²) >= 11 is 0. The van der Waals surface area contributed by atoms with Gasteiger partial charge in [0, 0.05) is 11.1 Å². The van der Waals surface area contributed by atoms with E-state index in [2.05, 4.69) is 39.8 Å². The van der Waals surface area contributed by atoms with Crippen molar-refractivity contribution in [3.05, 3.63) is 28.8 Å². The van der Waals surface area contributed by atoms with Gasteiger partial charge in [-0.05, 0) is 48.3 Å². The number of aryl methyl sites for hydroxylation is 1. The maximum atomic E-state index is 9.54. The molecule has 0 atom stereocenters. The van der Waals surface area contributed by atoms with Crippen LogP contribution in [0.2, 0.25) is 0 Å². The van der Waals surface area contributed by atoms with Gasteiger partial charge in [-0.15, -0.1) is 0 Å². The Labute approximate surface area is 116 Å². The van der Waals surface area contributed by atoms with Crippen LogP contribution < -0.4 is 5.73 Å². The number of anilines is 1. The average molecular weight is 256 g/mol. The lowest BCUT2D eigenvalue weighted by molar-refractivity contribution is 0.185. The first-order chi connectivity index (χ1) is 8.95. The van der Waals surface area contributed by atoms with Gasteiger partial charge in [0.25, 0.3) is 0 Å². The summed E-state index contributed by atoms with van der Waals surface area (Å²) in [4.78, 5) is 0. The van der Waals surface area contributed by atoms with Crippen LogP contribution >= 0.6 is 0 Å². The van der Waals surface area contributed by atoms with Crippen LogP contribution in [0.1, 0.15) is 57.2 Å². The first-order valence-corrected chi connectivity index (χ1v) is 7.27. The lowest BCUT2D eigenvalue weighted by atomic mass is 9.57. The second-order valence-electron chi connectivity index (χ2n) is 6.38. The van der Waals surface area contributed by atoms with E-state index in [1.54, 1.807) is 0 Å². The molecule has 0 aliphatic heterocycles. The van der Waals surface area contributed by atoms with E-state index in [1.165, 1.54) is 17.5 Å². The molecule has 0 heterocycles. The van der Waals surface area contributed by atoms with Gasteiger partial charge in [0.1, 0.15) is 6.07 Å². The number of rotatable bonds is 2. The minimum Gasteiger partial charge on any atom is -0.398 e. The van der Waals surface area contributed by atoms with Crippen LogP contribution in [0.5, 0.6) is 0 Å². The molecule has 19 heavy (non-hydrogen) atoms. The Morgan fingerprint density at radius 3 is 2.37 bits per heavy atom. The lowest BCUT2D eigenvalue weighted by Gasteiger charge is -2.46. The van der Waals surface area contributed by atoms with Crippen LogP contribution in [0.25, 0.3) is 0 Å². The SMILES string of the molecule is CC(C)C1(C(C)C)CCCc2ccc(N)c(C#N)c21. The summed E-state index contributed by atoms with van der Waals surface area (Å²) in [6.07, 6.45) is 3.44. The molecule has 2 rings (SSSR count). The summed E-state index contributed by atoms with van der Waals surface area (Å²) in [5, 5.41) is 9.54. The molecule has 0 radical (unpaired) electrons. The van der Waals surface area contributed by atoms with Crippen LogP contribution in [0, 0.1) is 23.2 Å². The molecule has 0 amide bonds. The highest BCUT2D eigenvalue weighted by atomic mass is 14.6. The van der Waals surface area contributed by atoms with Gasteiger partial charge >= 0.3 is 0 Å². The summed E-state index contributed by atoms with van der Waals surface area (Å²) in [6.45, 7) is 9.11. The largest absolute Gasteiger partial charge is 0.398 e.